The summed E-state index contributed by atoms with van der Waals surface area (Å²) in [7, 11) is 0. The molecule has 0 spiro atoms. The van der Waals surface area contributed by atoms with Crippen LogP contribution in [-0.2, 0) is 9.53 Å². The summed E-state index contributed by atoms with van der Waals surface area (Å²) < 4.78 is 5.96. The first-order valence-corrected chi connectivity index (χ1v) is 7.79. The van der Waals surface area contributed by atoms with Crippen molar-refractivity contribution in [1.29, 1.82) is 10.5 Å². The van der Waals surface area contributed by atoms with E-state index in [-0.39, 0.29) is 18.3 Å². The Balaban J connectivity index is 2.41. The zero-order chi connectivity index (χ0) is 16.2. The van der Waals surface area contributed by atoms with E-state index in [1.165, 1.54) is 0 Å². The first-order valence-electron chi connectivity index (χ1n) is 7.00. The van der Waals surface area contributed by atoms with E-state index >= 15 is 0 Å². The van der Waals surface area contributed by atoms with Crippen LogP contribution < -0.4 is 0 Å². The largest absolute Gasteiger partial charge is 0.463 e. The van der Waals surface area contributed by atoms with Gasteiger partial charge in [0.2, 0.25) is 0 Å². The second kappa shape index (κ2) is 6.77. The van der Waals surface area contributed by atoms with Crippen molar-refractivity contribution in [2.75, 3.05) is 6.61 Å². The summed E-state index contributed by atoms with van der Waals surface area (Å²) in [5.74, 6) is -0.714. The summed E-state index contributed by atoms with van der Waals surface area (Å²) in [6.45, 7) is 2.06. The number of nitrogens with zero attached hydrogens (tertiary/aromatic N) is 2. The molecular weight excluding hydrogens is 344 g/mol. The van der Waals surface area contributed by atoms with Gasteiger partial charge >= 0.3 is 5.97 Å². The maximum atomic E-state index is 12.0. The number of hydrogen-bond acceptors (Lipinski definition) is 4. The molecular formula is C17H15BrN2O2. The van der Waals surface area contributed by atoms with Crippen LogP contribution in [0, 0.1) is 28.1 Å². The number of halogens is 1. The topological polar surface area (TPSA) is 73.9 Å². The highest BCUT2D eigenvalue weighted by molar-refractivity contribution is 9.10. The first-order chi connectivity index (χ1) is 10.6. The lowest BCUT2D eigenvalue weighted by atomic mass is 9.66. The van der Waals surface area contributed by atoms with E-state index in [1.54, 1.807) is 13.0 Å². The summed E-state index contributed by atoms with van der Waals surface area (Å²) in [6, 6.07) is 11.8. The molecule has 0 saturated heterocycles. The number of benzene rings is 1. The van der Waals surface area contributed by atoms with E-state index < -0.39 is 5.41 Å². The van der Waals surface area contributed by atoms with Gasteiger partial charge in [0.05, 0.1) is 18.7 Å². The van der Waals surface area contributed by atoms with Crippen LogP contribution in [0.15, 0.2) is 40.4 Å². The molecule has 22 heavy (non-hydrogen) atoms. The van der Waals surface area contributed by atoms with Gasteiger partial charge in [0.15, 0.2) is 5.41 Å². The van der Waals surface area contributed by atoms with Crippen LogP contribution in [0.1, 0.15) is 31.2 Å². The number of nitriles is 2. The lowest BCUT2D eigenvalue weighted by molar-refractivity contribution is -0.138. The normalized spacial score (nSPS) is 19.5. The predicted molar refractivity (Wildman–Crippen MR) is 84.5 cm³/mol. The van der Waals surface area contributed by atoms with Crippen LogP contribution in [0.25, 0.3) is 0 Å². The van der Waals surface area contributed by atoms with Gasteiger partial charge in [-0.15, -0.1) is 0 Å². The quantitative estimate of drug-likeness (QED) is 0.769. The Labute approximate surface area is 138 Å². The first kappa shape index (κ1) is 16.3. The second-order valence-corrected chi connectivity index (χ2v) is 6.07. The Morgan fingerprint density at radius 2 is 2.00 bits per heavy atom. The lowest BCUT2D eigenvalue weighted by Crippen LogP contribution is -2.30. The summed E-state index contributed by atoms with van der Waals surface area (Å²) in [5, 5.41) is 19.1. The molecule has 4 nitrogen and oxygen atoms in total. The molecule has 0 radical (unpaired) electrons. The van der Waals surface area contributed by atoms with Gasteiger partial charge < -0.3 is 4.74 Å². The fourth-order valence-corrected chi connectivity index (χ4v) is 2.93. The Morgan fingerprint density at radius 3 is 2.55 bits per heavy atom. The zero-order valence-corrected chi connectivity index (χ0v) is 13.8. The highest BCUT2D eigenvalue weighted by Gasteiger charge is 2.44. The standard InChI is InChI=1S/C17H15BrN2O2/c1-2-22-16(21)13-7-8-17(10-19,11-20)15(9-13)12-3-5-14(18)6-4-12/h3-7,15H,2,8-9H2,1H3. The minimum absolute atomic E-state index is 0.231. The Morgan fingerprint density at radius 1 is 1.36 bits per heavy atom. The maximum Gasteiger partial charge on any atom is 0.333 e. The molecule has 1 unspecified atom stereocenters. The third-order valence-corrected chi connectivity index (χ3v) is 4.43. The van der Waals surface area contributed by atoms with Crippen molar-refractivity contribution in [3.63, 3.8) is 0 Å². The summed E-state index contributed by atoms with van der Waals surface area (Å²) in [6.07, 6.45) is 2.23. The summed E-state index contributed by atoms with van der Waals surface area (Å²) in [5.41, 5.74) is 0.265. The number of allylic oxidation sites excluding steroid dienone is 1. The van der Waals surface area contributed by atoms with Crippen molar-refractivity contribution >= 4 is 21.9 Å². The van der Waals surface area contributed by atoms with Crippen LogP contribution in [0.3, 0.4) is 0 Å². The van der Waals surface area contributed by atoms with Gasteiger partial charge in [0.1, 0.15) is 0 Å². The van der Waals surface area contributed by atoms with E-state index in [0.29, 0.717) is 18.6 Å². The van der Waals surface area contributed by atoms with Crippen molar-refractivity contribution in [2.45, 2.75) is 25.7 Å². The van der Waals surface area contributed by atoms with Crippen molar-refractivity contribution in [2.24, 2.45) is 5.41 Å². The van der Waals surface area contributed by atoms with Crippen LogP contribution in [-0.4, -0.2) is 12.6 Å². The molecule has 0 heterocycles. The fourth-order valence-electron chi connectivity index (χ4n) is 2.66. The molecule has 112 valence electrons. The van der Waals surface area contributed by atoms with Gasteiger partial charge in [-0.25, -0.2) is 4.79 Å². The van der Waals surface area contributed by atoms with E-state index in [1.807, 2.05) is 24.3 Å². The van der Waals surface area contributed by atoms with Gasteiger partial charge in [0, 0.05) is 16.0 Å². The molecule has 1 aromatic carbocycles. The minimum Gasteiger partial charge on any atom is -0.463 e. The monoisotopic (exact) mass is 358 g/mol. The van der Waals surface area contributed by atoms with E-state index in [4.69, 9.17) is 4.74 Å². The van der Waals surface area contributed by atoms with Gasteiger partial charge in [-0.1, -0.05) is 34.1 Å². The van der Waals surface area contributed by atoms with E-state index in [9.17, 15) is 15.3 Å². The predicted octanol–water partition coefficient (Wildman–Crippen LogP) is 3.85. The van der Waals surface area contributed by atoms with Gasteiger partial charge in [-0.3, -0.25) is 0 Å². The molecule has 2 rings (SSSR count). The minimum atomic E-state index is -1.15. The highest BCUT2D eigenvalue weighted by atomic mass is 79.9. The molecule has 0 saturated carbocycles. The highest BCUT2D eigenvalue weighted by Crippen LogP contribution is 2.46. The van der Waals surface area contributed by atoms with Gasteiger partial charge in [-0.05, 0) is 37.5 Å². The van der Waals surface area contributed by atoms with E-state index in [2.05, 4.69) is 28.1 Å². The van der Waals surface area contributed by atoms with Crippen molar-refractivity contribution < 1.29 is 9.53 Å². The zero-order valence-electron chi connectivity index (χ0n) is 12.2. The third kappa shape index (κ3) is 3.05. The molecule has 1 aliphatic carbocycles. The smallest absolute Gasteiger partial charge is 0.333 e. The maximum absolute atomic E-state index is 12.0. The van der Waals surface area contributed by atoms with Crippen molar-refractivity contribution in [3.05, 3.63) is 46.0 Å². The molecule has 5 heteroatoms. The lowest BCUT2D eigenvalue weighted by Gasteiger charge is -2.33. The second-order valence-electron chi connectivity index (χ2n) is 5.16. The number of carbonyl (C=O) groups is 1. The number of carbonyl (C=O) groups excluding carboxylic acids is 1. The fraction of sp³-hybridized carbons (Fsp3) is 0.353. The van der Waals surface area contributed by atoms with Crippen molar-refractivity contribution in [3.8, 4) is 12.1 Å². The Kier molecular flexibility index (Phi) is 5.00. The molecule has 0 bridgehead atoms. The molecule has 0 amide bonds. The molecule has 1 aliphatic rings. The average molecular weight is 359 g/mol. The Bertz CT molecular complexity index is 666. The SMILES string of the molecule is CCOC(=O)C1=CCC(C#N)(C#N)C(c2ccc(Br)cc2)C1. The van der Waals surface area contributed by atoms with Crippen LogP contribution in [0.4, 0.5) is 0 Å². The molecule has 1 aromatic rings. The molecule has 0 aliphatic heterocycles. The van der Waals surface area contributed by atoms with Crippen LogP contribution in [0.2, 0.25) is 0 Å². The molecule has 1 atom stereocenters. The third-order valence-electron chi connectivity index (χ3n) is 3.90. The number of ether oxygens (including phenoxy) is 1. The van der Waals surface area contributed by atoms with Crippen molar-refractivity contribution in [1.82, 2.24) is 0 Å². The molecule has 0 aromatic heterocycles. The Hall–Kier alpha value is -2.11. The number of esters is 1. The summed E-state index contributed by atoms with van der Waals surface area (Å²) in [4.78, 5) is 12.0. The summed E-state index contributed by atoms with van der Waals surface area (Å²) >= 11 is 3.37. The van der Waals surface area contributed by atoms with Gasteiger partial charge in [-0.2, -0.15) is 10.5 Å². The van der Waals surface area contributed by atoms with Crippen LogP contribution in [0.5, 0.6) is 0 Å². The molecule has 0 N–H and O–H groups in total. The van der Waals surface area contributed by atoms with Gasteiger partial charge in [0.25, 0.3) is 0 Å². The molecule has 0 fully saturated rings. The van der Waals surface area contributed by atoms with E-state index in [0.717, 1.165) is 10.0 Å². The number of hydrogen-bond donors (Lipinski definition) is 0. The van der Waals surface area contributed by atoms with Crippen LogP contribution >= 0.6 is 15.9 Å². The average Bonchev–Trinajstić information content (AvgIpc) is 2.55. The number of rotatable bonds is 3.